The van der Waals surface area contributed by atoms with Crippen molar-refractivity contribution in [1.29, 1.82) is 0 Å². The smallest absolute Gasteiger partial charge is 0.462 e. The number of aliphatic hydroxyl groups excluding tert-OH is 1. The Morgan fingerprint density at radius 3 is 0.814 bits per heavy atom. The first-order valence-corrected chi connectivity index (χ1v) is 42.4. The van der Waals surface area contributed by atoms with Gasteiger partial charge in [0.1, 0.15) is 19.3 Å². The van der Waals surface area contributed by atoms with Crippen molar-refractivity contribution in [2.24, 2.45) is 0 Å². The van der Waals surface area contributed by atoms with Gasteiger partial charge in [-0.1, -0.05) is 264 Å². The van der Waals surface area contributed by atoms with Gasteiger partial charge in [0.25, 0.3) is 0 Å². The summed E-state index contributed by atoms with van der Waals surface area (Å²) in [5.41, 5.74) is 0. The van der Waals surface area contributed by atoms with E-state index in [1.54, 1.807) is 0 Å². The highest BCUT2D eigenvalue weighted by Crippen LogP contribution is 2.45. The molecular formula is C83H140O17P2. The summed E-state index contributed by atoms with van der Waals surface area (Å²) in [6.45, 7) is 4.46. The highest BCUT2D eigenvalue weighted by molar-refractivity contribution is 7.47. The molecule has 0 fully saturated rings. The molecule has 0 aromatic heterocycles. The fourth-order valence-electron chi connectivity index (χ4n) is 10.2. The van der Waals surface area contributed by atoms with E-state index in [9.17, 15) is 43.2 Å². The van der Waals surface area contributed by atoms with Gasteiger partial charge in [-0.25, -0.2) is 9.13 Å². The van der Waals surface area contributed by atoms with Crippen molar-refractivity contribution >= 4 is 39.5 Å². The zero-order valence-electron chi connectivity index (χ0n) is 63.7. The van der Waals surface area contributed by atoms with E-state index in [0.29, 0.717) is 25.7 Å². The van der Waals surface area contributed by atoms with Crippen molar-refractivity contribution in [3.8, 4) is 0 Å². The number of phosphoric ester groups is 2. The molecule has 3 N–H and O–H groups in total. The second kappa shape index (κ2) is 74.5. The molecule has 0 bridgehead atoms. The summed E-state index contributed by atoms with van der Waals surface area (Å²) >= 11 is 0. The minimum Gasteiger partial charge on any atom is -0.462 e. The predicted octanol–water partition coefficient (Wildman–Crippen LogP) is 22.9. The molecule has 102 heavy (non-hydrogen) atoms. The molecule has 0 aliphatic rings. The van der Waals surface area contributed by atoms with Crippen molar-refractivity contribution in [3.63, 3.8) is 0 Å². The third-order valence-corrected chi connectivity index (χ3v) is 18.0. The zero-order valence-corrected chi connectivity index (χ0v) is 65.5. The number of carbonyl (C=O) groups excluding carboxylic acids is 4. The molecule has 0 heterocycles. The van der Waals surface area contributed by atoms with Crippen LogP contribution in [0.15, 0.2) is 134 Å². The molecule has 0 rings (SSSR count). The molecule has 17 nitrogen and oxygen atoms in total. The number of aliphatic hydroxyl groups is 1. The van der Waals surface area contributed by atoms with Gasteiger partial charge in [0.05, 0.1) is 26.4 Å². The van der Waals surface area contributed by atoms with Gasteiger partial charge < -0.3 is 33.8 Å². The molecular weight excluding hydrogens is 1330 g/mol. The third-order valence-electron chi connectivity index (χ3n) is 16.1. The van der Waals surface area contributed by atoms with E-state index >= 15 is 0 Å². The number of hydrogen-bond donors (Lipinski definition) is 3. The Bertz CT molecular complexity index is 2460. The van der Waals surface area contributed by atoms with Gasteiger partial charge in [0.2, 0.25) is 0 Å². The SMILES string of the molecule is CC/C=C\C/C=C\C/C=C\C/C=C\CCCCC(=O)OCC(COP(=O)(O)OCC(O)COP(=O)(O)OCC(COC(=O)CCCCCCCCC/C=C\C/C=C\C/C=C\CC)OC(=O)CCCCCCCCC/C=C\C/C=C\C/C=C\CC)OC(=O)CCCCCCC/C=C\CCCCCC. The summed E-state index contributed by atoms with van der Waals surface area (Å²) in [6, 6.07) is 0. The maximum absolute atomic E-state index is 13.1. The lowest BCUT2D eigenvalue weighted by Gasteiger charge is -2.21. The van der Waals surface area contributed by atoms with E-state index in [-0.39, 0.29) is 25.7 Å². The number of allylic oxidation sites excluding steroid dienone is 22. The Labute approximate surface area is 618 Å². The Hall–Kier alpha value is -4.80. The summed E-state index contributed by atoms with van der Waals surface area (Å²) in [7, 11) is -9.98. The molecule has 0 spiro atoms. The maximum atomic E-state index is 13.1. The van der Waals surface area contributed by atoms with Gasteiger partial charge in [0, 0.05) is 25.7 Å². The van der Waals surface area contributed by atoms with E-state index in [4.69, 9.17) is 37.0 Å². The van der Waals surface area contributed by atoms with Crippen LogP contribution in [-0.4, -0.2) is 96.7 Å². The number of ether oxygens (including phenoxy) is 4. The van der Waals surface area contributed by atoms with Crippen LogP contribution in [0.3, 0.4) is 0 Å². The van der Waals surface area contributed by atoms with Gasteiger partial charge in [-0.3, -0.25) is 37.3 Å². The summed E-state index contributed by atoms with van der Waals surface area (Å²) in [5.74, 6) is -2.25. The van der Waals surface area contributed by atoms with Crippen LogP contribution in [0.5, 0.6) is 0 Å². The van der Waals surface area contributed by atoms with Gasteiger partial charge in [-0.15, -0.1) is 0 Å². The number of rotatable bonds is 73. The number of phosphoric acid groups is 2. The summed E-state index contributed by atoms with van der Waals surface area (Å²) < 4.78 is 68.5. The zero-order chi connectivity index (χ0) is 74.6. The molecule has 5 unspecified atom stereocenters. The summed E-state index contributed by atoms with van der Waals surface area (Å²) in [6.07, 6.45) is 82.9. The van der Waals surface area contributed by atoms with Gasteiger partial charge in [-0.05, 0) is 154 Å². The van der Waals surface area contributed by atoms with Crippen molar-refractivity contribution in [2.75, 3.05) is 39.6 Å². The molecule has 0 aliphatic carbocycles. The largest absolute Gasteiger partial charge is 0.472 e. The minimum absolute atomic E-state index is 0.0732. The van der Waals surface area contributed by atoms with E-state index in [2.05, 4.69) is 161 Å². The van der Waals surface area contributed by atoms with Crippen LogP contribution in [-0.2, 0) is 65.4 Å². The molecule has 5 atom stereocenters. The fourth-order valence-corrected chi connectivity index (χ4v) is 11.8. The molecule has 19 heteroatoms. The Kier molecular flexibility index (Phi) is 71.0. The lowest BCUT2D eigenvalue weighted by atomic mass is 10.1. The topological polar surface area (TPSA) is 237 Å². The molecule has 0 saturated carbocycles. The second-order valence-electron chi connectivity index (χ2n) is 25.9. The normalized spacial score (nSPS) is 14.6. The number of unbranched alkanes of at least 4 members (excludes halogenated alkanes) is 25. The van der Waals surface area contributed by atoms with E-state index in [1.807, 2.05) is 0 Å². The van der Waals surface area contributed by atoms with Crippen LogP contribution >= 0.6 is 15.6 Å². The molecule has 0 radical (unpaired) electrons. The molecule has 584 valence electrons. The van der Waals surface area contributed by atoms with Crippen molar-refractivity contribution in [1.82, 2.24) is 0 Å². The Morgan fingerprint density at radius 1 is 0.284 bits per heavy atom. The van der Waals surface area contributed by atoms with Crippen molar-refractivity contribution in [2.45, 2.75) is 329 Å². The molecule has 0 amide bonds. The van der Waals surface area contributed by atoms with Gasteiger partial charge in [0.15, 0.2) is 12.2 Å². The third kappa shape index (κ3) is 73.5. The predicted molar refractivity (Wildman–Crippen MR) is 418 cm³/mol. The maximum Gasteiger partial charge on any atom is 0.472 e. The molecule has 0 saturated heterocycles. The quantitative estimate of drug-likeness (QED) is 0.0169. The Morgan fingerprint density at radius 2 is 0.510 bits per heavy atom. The second-order valence-corrected chi connectivity index (χ2v) is 28.8. The van der Waals surface area contributed by atoms with Crippen LogP contribution in [0.4, 0.5) is 0 Å². The van der Waals surface area contributed by atoms with Gasteiger partial charge in [-0.2, -0.15) is 0 Å². The highest BCUT2D eigenvalue weighted by Gasteiger charge is 2.30. The van der Waals surface area contributed by atoms with Crippen LogP contribution < -0.4 is 0 Å². The van der Waals surface area contributed by atoms with E-state index < -0.39 is 97.5 Å². The average Bonchev–Trinajstić information content (AvgIpc) is 0.908. The first kappa shape index (κ1) is 97.2. The molecule has 0 aliphatic heterocycles. The molecule has 0 aromatic rings. The standard InChI is InChI=1S/C83H140O17P2/c1-5-9-13-17-21-25-29-33-36-38-41-45-48-52-56-60-64-68-81(86)94-74-79(100-83(88)70-66-62-58-54-50-46-42-39-37-34-30-26-22-18-14-10-6-2)76-98-102(91,92)96-72-77(84)71-95-101(89,90)97-75-78(99-82(87)69-65-61-57-53-49-43-32-28-24-20-16-12-8-4)73-93-80(85)67-63-59-55-51-47-44-40-35-31-27-23-19-15-11-7-3/h9-11,13-15,21-23,25-28,32-37,40,47,51,77-79,84H,5-8,12,16-20,24,29-31,38-39,41-46,48-50,52-76H2,1-4H3,(H,89,90)(H,91,92)/b13-9-,14-10-,15-11-,25-21-,26-22-,27-23-,32-28-,36-33-,37-34-,40-35-,51-47-. The van der Waals surface area contributed by atoms with Crippen LogP contribution in [0.25, 0.3) is 0 Å². The average molecular weight is 1470 g/mol. The fraction of sp³-hybridized carbons (Fsp3) is 0.687. The first-order chi connectivity index (χ1) is 49.7. The number of esters is 4. The summed E-state index contributed by atoms with van der Waals surface area (Å²) in [4.78, 5) is 73.0. The lowest BCUT2D eigenvalue weighted by molar-refractivity contribution is -0.161. The van der Waals surface area contributed by atoms with Crippen LogP contribution in [0, 0.1) is 0 Å². The molecule has 0 aromatic carbocycles. The highest BCUT2D eigenvalue weighted by atomic mass is 31.2. The van der Waals surface area contributed by atoms with E-state index in [0.717, 1.165) is 205 Å². The van der Waals surface area contributed by atoms with Crippen molar-refractivity contribution < 1.29 is 80.2 Å². The lowest BCUT2D eigenvalue weighted by Crippen LogP contribution is -2.30. The van der Waals surface area contributed by atoms with Crippen molar-refractivity contribution in [3.05, 3.63) is 134 Å². The monoisotopic (exact) mass is 1470 g/mol. The minimum atomic E-state index is -4.99. The summed E-state index contributed by atoms with van der Waals surface area (Å²) in [5, 5.41) is 10.6. The number of hydrogen-bond acceptors (Lipinski definition) is 15. The number of carbonyl (C=O) groups is 4. The van der Waals surface area contributed by atoms with Crippen LogP contribution in [0.2, 0.25) is 0 Å². The Balaban J connectivity index is 5.40. The van der Waals surface area contributed by atoms with E-state index in [1.165, 1.54) is 25.7 Å². The van der Waals surface area contributed by atoms with Gasteiger partial charge >= 0.3 is 39.5 Å². The van der Waals surface area contributed by atoms with Crippen LogP contribution in [0.1, 0.15) is 310 Å². The first-order valence-electron chi connectivity index (χ1n) is 39.4.